The van der Waals surface area contributed by atoms with E-state index in [0.717, 1.165) is 11.3 Å². The molecule has 34 heavy (non-hydrogen) atoms. The first-order chi connectivity index (χ1) is 16.2. The number of carbonyl (C=O) groups excluding carboxylic acids is 2. The molecule has 3 aromatic rings. The number of ether oxygens (including phenoxy) is 1. The average Bonchev–Trinajstić information content (AvgIpc) is 3.39. The van der Waals surface area contributed by atoms with Crippen LogP contribution in [0.5, 0.6) is 0 Å². The normalized spacial score (nSPS) is 13.2. The number of rotatable bonds is 7. The minimum Gasteiger partial charge on any atom is -0.452 e. The van der Waals surface area contributed by atoms with Crippen LogP contribution in [0.25, 0.3) is 6.08 Å². The summed E-state index contributed by atoms with van der Waals surface area (Å²) >= 11 is 0. The highest BCUT2D eigenvalue weighted by Gasteiger charge is 2.30. The summed E-state index contributed by atoms with van der Waals surface area (Å²) in [5.41, 5.74) is 3.08. The second-order valence-corrected chi connectivity index (χ2v) is 9.67. The van der Waals surface area contributed by atoms with Gasteiger partial charge in [-0.05, 0) is 48.7 Å². The zero-order chi connectivity index (χ0) is 24.3. The number of aryl methyl sites for hydroxylation is 2. The average molecular weight is 481 g/mol. The van der Waals surface area contributed by atoms with E-state index in [2.05, 4.69) is 10.4 Å². The maximum Gasteiger partial charge on any atom is 0.331 e. The standard InChI is InChI=1S/C24H24N4O5S/c1-17-15-22(27(2)26-17)25-23(29)16-33-24(30)12-9-18-7-10-20(11-8-18)34(31,32)28-14-13-19-5-3-4-6-21(19)28/h3-12,15H,13-14,16H2,1-2H3,(H,25,29)/b12-9+. The second-order valence-electron chi connectivity index (χ2n) is 7.81. The third-order valence-corrected chi connectivity index (χ3v) is 7.17. The van der Waals surface area contributed by atoms with Gasteiger partial charge in [-0.25, -0.2) is 13.2 Å². The number of hydrogen-bond acceptors (Lipinski definition) is 6. The molecular weight excluding hydrogens is 456 g/mol. The van der Waals surface area contributed by atoms with Crippen molar-refractivity contribution in [2.75, 3.05) is 22.8 Å². The molecule has 0 fully saturated rings. The van der Waals surface area contributed by atoms with E-state index in [-0.39, 0.29) is 4.90 Å². The number of hydrogen-bond donors (Lipinski definition) is 1. The van der Waals surface area contributed by atoms with Gasteiger partial charge in [0.25, 0.3) is 15.9 Å². The van der Waals surface area contributed by atoms with Crippen molar-refractivity contribution in [2.45, 2.75) is 18.2 Å². The number of carbonyl (C=O) groups is 2. The van der Waals surface area contributed by atoms with Crippen molar-refractivity contribution in [1.82, 2.24) is 9.78 Å². The number of fused-ring (bicyclic) bond motifs is 1. The first kappa shape index (κ1) is 23.2. The number of anilines is 2. The smallest absolute Gasteiger partial charge is 0.331 e. The highest BCUT2D eigenvalue weighted by Crippen LogP contribution is 2.32. The molecule has 2 heterocycles. The number of esters is 1. The maximum atomic E-state index is 13.1. The summed E-state index contributed by atoms with van der Waals surface area (Å²) in [7, 11) is -1.99. The first-order valence-corrected chi connectivity index (χ1v) is 12.0. The van der Waals surface area contributed by atoms with Gasteiger partial charge in [0.05, 0.1) is 16.3 Å². The Kier molecular flexibility index (Phi) is 6.51. The summed E-state index contributed by atoms with van der Waals surface area (Å²) < 4.78 is 34.0. The second kappa shape index (κ2) is 9.52. The van der Waals surface area contributed by atoms with Gasteiger partial charge in [-0.1, -0.05) is 30.3 Å². The van der Waals surface area contributed by atoms with Gasteiger partial charge < -0.3 is 10.1 Å². The maximum absolute atomic E-state index is 13.1. The van der Waals surface area contributed by atoms with Crippen molar-refractivity contribution < 1.29 is 22.7 Å². The first-order valence-electron chi connectivity index (χ1n) is 10.6. The molecule has 1 aliphatic rings. The largest absolute Gasteiger partial charge is 0.452 e. The minimum absolute atomic E-state index is 0.172. The summed E-state index contributed by atoms with van der Waals surface area (Å²) in [6.45, 7) is 1.76. The molecule has 1 aromatic heterocycles. The van der Waals surface area contributed by atoms with Gasteiger partial charge in [0.1, 0.15) is 5.82 Å². The Bertz CT molecular complexity index is 1360. The number of nitrogens with zero attached hydrogens (tertiary/aromatic N) is 3. The summed E-state index contributed by atoms with van der Waals surface area (Å²) in [6, 6.07) is 15.4. The fourth-order valence-corrected chi connectivity index (χ4v) is 5.19. The highest BCUT2D eigenvalue weighted by atomic mass is 32.2. The number of benzene rings is 2. The molecular formula is C24H24N4O5S. The Hall–Kier alpha value is -3.92. The SMILES string of the molecule is Cc1cc(NC(=O)COC(=O)/C=C/c2ccc(S(=O)(=O)N3CCc4ccccc43)cc2)n(C)n1. The van der Waals surface area contributed by atoms with Crippen LogP contribution in [0.2, 0.25) is 0 Å². The molecule has 0 saturated carbocycles. The van der Waals surface area contributed by atoms with Crippen molar-refractivity contribution in [2.24, 2.45) is 7.05 Å². The van der Waals surface area contributed by atoms with Crippen LogP contribution in [0.4, 0.5) is 11.5 Å². The van der Waals surface area contributed by atoms with Crippen LogP contribution in [0, 0.1) is 6.92 Å². The summed E-state index contributed by atoms with van der Waals surface area (Å²) in [6.07, 6.45) is 3.35. The Morgan fingerprint density at radius 1 is 1.15 bits per heavy atom. The Balaban J connectivity index is 1.33. The van der Waals surface area contributed by atoms with Crippen molar-refractivity contribution in [3.63, 3.8) is 0 Å². The van der Waals surface area contributed by atoms with E-state index in [9.17, 15) is 18.0 Å². The van der Waals surface area contributed by atoms with Gasteiger partial charge in [0.15, 0.2) is 6.61 Å². The van der Waals surface area contributed by atoms with Crippen LogP contribution in [-0.4, -0.2) is 43.2 Å². The van der Waals surface area contributed by atoms with E-state index >= 15 is 0 Å². The molecule has 0 saturated heterocycles. The van der Waals surface area contributed by atoms with E-state index in [1.807, 2.05) is 18.2 Å². The van der Waals surface area contributed by atoms with Gasteiger partial charge in [-0.2, -0.15) is 5.10 Å². The molecule has 0 atom stereocenters. The number of para-hydroxylation sites is 1. The van der Waals surface area contributed by atoms with Crippen LogP contribution in [0.1, 0.15) is 16.8 Å². The van der Waals surface area contributed by atoms with E-state index < -0.39 is 28.5 Å². The molecule has 10 heteroatoms. The summed E-state index contributed by atoms with van der Waals surface area (Å²) in [5, 5.41) is 6.73. The lowest BCUT2D eigenvalue weighted by Gasteiger charge is -2.19. The fourth-order valence-electron chi connectivity index (χ4n) is 3.69. The molecule has 0 bridgehead atoms. The van der Waals surface area contributed by atoms with Gasteiger partial charge in [0.2, 0.25) is 0 Å². The van der Waals surface area contributed by atoms with Gasteiger partial charge in [0, 0.05) is 25.7 Å². The van der Waals surface area contributed by atoms with Crippen molar-refractivity contribution in [3.8, 4) is 0 Å². The minimum atomic E-state index is -3.68. The van der Waals surface area contributed by atoms with Crippen molar-refractivity contribution in [3.05, 3.63) is 77.5 Å². The molecule has 0 radical (unpaired) electrons. The number of aromatic nitrogens is 2. The number of sulfonamides is 1. The molecule has 0 aliphatic carbocycles. The van der Waals surface area contributed by atoms with E-state index in [1.165, 1.54) is 33.3 Å². The predicted octanol–water partition coefficient (Wildman–Crippen LogP) is 2.68. The van der Waals surface area contributed by atoms with E-state index in [4.69, 9.17) is 4.74 Å². The molecule has 0 spiro atoms. The van der Waals surface area contributed by atoms with E-state index in [0.29, 0.717) is 30.0 Å². The summed E-state index contributed by atoms with van der Waals surface area (Å²) in [4.78, 5) is 24.1. The molecule has 2 aromatic carbocycles. The molecule has 1 N–H and O–H groups in total. The van der Waals surface area contributed by atoms with Gasteiger partial charge in [-0.3, -0.25) is 13.8 Å². The third-order valence-electron chi connectivity index (χ3n) is 5.34. The fraction of sp³-hybridized carbons (Fsp3) is 0.208. The quantitative estimate of drug-likeness (QED) is 0.411. The molecule has 176 valence electrons. The lowest BCUT2D eigenvalue weighted by atomic mass is 10.2. The molecule has 1 amide bonds. The Morgan fingerprint density at radius 3 is 2.59 bits per heavy atom. The molecule has 1 aliphatic heterocycles. The topological polar surface area (TPSA) is 111 Å². The lowest BCUT2D eigenvalue weighted by molar-refractivity contribution is -0.142. The molecule has 0 unspecified atom stereocenters. The Labute approximate surface area is 197 Å². The van der Waals surface area contributed by atoms with Crippen LogP contribution in [0.15, 0.2) is 65.6 Å². The van der Waals surface area contributed by atoms with Crippen LogP contribution >= 0.6 is 0 Å². The molecule has 9 nitrogen and oxygen atoms in total. The number of amides is 1. The monoisotopic (exact) mass is 480 g/mol. The zero-order valence-electron chi connectivity index (χ0n) is 18.8. The van der Waals surface area contributed by atoms with Gasteiger partial charge >= 0.3 is 5.97 Å². The van der Waals surface area contributed by atoms with Crippen LogP contribution in [0.3, 0.4) is 0 Å². The van der Waals surface area contributed by atoms with Crippen LogP contribution in [-0.2, 0) is 37.8 Å². The summed E-state index contributed by atoms with van der Waals surface area (Å²) in [5.74, 6) is -0.675. The zero-order valence-corrected chi connectivity index (χ0v) is 19.6. The Morgan fingerprint density at radius 2 is 1.88 bits per heavy atom. The van der Waals surface area contributed by atoms with Crippen molar-refractivity contribution >= 4 is 39.5 Å². The highest BCUT2D eigenvalue weighted by molar-refractivity contribution is 7.92. The predicted molar refractivity (Wildman–Crippen MR) is 128 cm³/mol. The van der Waals surface area contributed by atoms with Gasteiger partial charge in [-0.15, -0.1) is 0 Å². The molecule has 4 rings (SSSR count). The van der Waals surface area contributed by atoms with Crippen molar-refractivity contribution in [1.29, 1.82) is 0 Å². The van der Waals surface area contributed by atoms with Crippen LogP contribution < -0.4 is 9.62 Å². The number of nitrogens with one attached hydrogen (secondary N) is 1. The van der Waals surface area contributed by atoms with E-state index in [1.54, 1.807) is 38.2 Å². The third kappa shape index (κ3) is 5.01. The lowest BCUT2D eigenvalue weighted by Crippen LogP contribution is -2.29.